The predicted molar refractivity (Wildman–Crippen MR) is 79.7 cm³/mol. The van der Waals surface area contributed by atoms with Crippen LogP contribution in [0.3, 0.4) is 0 Å². The summed E-state index contributed by atoms with van der Waals surface area (Å²) in [6.45, 7) is 0.711. The molecule has 1 aromatic carbocycles. The van der Waals surface area contributed by atoms with Crippen molar-refractivity contribution < 1.29 is 4.92 Å². The molecule has 0 aliphatic carbocycles. The summed E-state index contributed by atoms with van der Waals surface area (Å²) < 4.78 is 3.10. The van der Waals surface area contributed by atoms with Crippen molar-refractivity contribution in [2.24, 2.45) is 0 Å². The van der Waals surface area contributed by atoms with Crippen molar-refractivity contribution >= 4 is 43.9 Å². The molecule has 0 radical (unpaired) electrons. The van der Waals surface area contributed by atoms with Crippen LogP contribution in [-0.2, 0) is 6.54 Å². The van der Waals surface area contributed by atoms with Crippen LogP contribution in [0.4, 0.5) is 5.69 Å². The average Bonchev–Trinajstić information content (AvgIpc) is 2.97. The Labute approximate surface area is 121 Å². The van der Waals surface area contributed by atoms with Crippen LogP contribution in [0.15, 0.2) is 46.4 Å². The monoisotopic (exact) mass is 336 g/mol. The van der Waals surface area contributed by atoms with Crippen LogP contribution in [0.25, 0.3) is 10.9 Å². The van der Waals surface area contributed by atoms with E-state index in [4.69, 9.17) is 0 Å². The van der Waals surface area contributed by atoms with Crippen molar-refractivity contribution in [1.82, 2.24) is 4.57 Å². The number of non-ortho nitro benzene ring substituents is 1. The zero-order chi connectivity index (χ0) is 13.4. The number of nitro groups is 1. The Bertz CT molecular complexity index is 763. The molecular weight excluding hydrogens is 328 g/mol. The van der Waals surface area contributed by atoms with Gasteiger partial charge in [0, 0.05) is 21.6 Å². The molecule has 4 nitrogen and oxygen atoms in total. The third-order valence-electron chi connectivity index (χ3n) is 2.99. The lowest BCUT2D eigenvalue weighted by atomic mass is 10.2. The third kappa shape index (κ3) is 2.17. The minimum atomic E-state index is -0.340. The second-order valence-electron chi connectivity index (χ2n) is 4.10. The minimum absolute atomic E-state index is 0.154. The fraction of sp³-hybridized carbons (Fsp3) is 0.0769. The highest BCUT2D eigenvalue weighted by Gasteiger charge is 2.14. The molecule has 96 valence electrons. The fourth-order valence-electron chi connectivity index (χ4n) is 2.10. The van der Waals surface area contributed by atoms with Crippen molar-refractivity contribution in [3.8, 4) is 0 Å². The smallest absolute Gasteiger partial charge is 0.278 e. The normalized spacial score (nSPS) is 11.0. The highest BCUT2D eigenvalue weighted by Crippen LogP contribution is 2.29. The maximum absolute atomic E-state index is 11.0. The van der Waals surface area contributed by atoms with Crippen LogP contribution in [0.2, 0.25) is 0 Å². The van der Waals surface area contributed by atoms with E-state index in [-0.39, 0.29) is 10.6 Å². The van der Waals surface area contributed by atoms with E-state index >= 15 is 0 Å². The summed E-state index contributed by atoms with van der Waals surface area (Å²) in [5.74, 6) is 0. The zero-order valence-electron chi connectivity index (χ0n) is 9.75. The number of benzene rings is 1. The number of halogens is 1. The quantitative estimate of drug-likeness (QED) is 0.525. The third-order valence-corrected chi connectivity index (χ3v) is 4.90. The molecule has 0 bridgehead atoms. The molecule has 0 saturated heterocycles. The highest BCUT2D eigenvalue weighted by atomic mass is 79.9. The first-order chi connectivity index (χ1) is 9.16. The number of hydrogen-bond donors (Lipinski definition) is 0. The van der Waals surface area contributed by atoms with Gasteiger partial charge in [-0.15, -0.1) is 11.3 Å². The summed E-state index contributed by atoms with van der Waals surface area (Å²) in [7, 11) is 0. The summed E-state index contributed by atoms with van der Waals surface area (Å²) in [5.41, 5.74) is 1.04. The largest absolute Gasteiger partial charge is 0.342 e. The van der Waals surface area contributed by atoms with Crippen molar-refractivity contribution in [3.63, 3.8) is 0 Å². The summed E-state index contributed by atoms with van der Waals surface area (Å²) in [4.78, 5) is 11.8. The second-order valence-corrected chi connectivity index (χ2v) is 5.96. The van der Waals surface area contributed by atoms with Gasteiger partial charge in [0.15, 0.2) is 0 Å². The Kier molecular flexibility index (Phi) is 3.12. The summed E-state index contributed by atoms with van der Waals surface area (Å²) in [6.07, 6.45) is 1.89. The van der Waals surface area contributed by atoms with Gasteiger partial charge in [-0.1, -0.05) is 6.07 Å². The van der Waals surface area contributed by atoms with Crippen molar-refractivity contribution in [1.29, 1.82) is 0 Å². The molecule has 3 aromatic rings. The van der Waals surface area contributed by atoms with Crippen molar-refractivity contribution in [3.05, 3.63) is 61.4 Å². The van der Waals surface area contributed by atoms with Crippen LogP contribution in [0.5, 0.6) is 0 Å². The summed E-state index contributed by atoms with van der Waals surface area (Å²) in [6, 6.07) is 8.97. The topological polar surface area (TPSA) is 48.1 Å². The van der Waals surface area contributed by atoms with E-state index in [2.05, 4.69) is 15.9 Å². The average molecular weight is 337 g/mol. The molecule has 19 heavy (non-hydrogen) atoms. The SMILES string of the molecule is O=[N+]([O-])c1cccc2c1ccn2Cc1sccc1Br. The number of rotatable bonds is 3. The van der Waals surface area contributed by atoms with Crippen LogP contribution in [-0.4, -0.2) is 9.49 Å². The van der Waals surface area contributed by atoms with Gasteiger partial charge in [-0.25, -0.2) is 0 Å². The molecule has 0 spiro atoms. The van der Waals surface area contributed by atoms with Crippen molar-refractivity contribution in [2.75, 3.05) is 0 Å². The molecule has 0 fully saturated rings. The Morgan fingerprint density at radius 2 is 2.16 bits per heavy atom. The molecule has 0 aliphatic heterocycles. The van der Waals surface area contributed by atoms with Gasteiger partial charge in [0.2, 0.25) is 0 Å². The Hall–Kier alpha value is -1.66. The van der Waals surface area contributed by atoms with Gasteiger partial charge in [0.25, 0.3) is 5.69 Å². The van der Waals surface area contributed by atoms with Gasteiger partial charge in [-0.05, 0) is 39.5 Å². The van der Waals surface area contributed by atoms with Gasteiger partial charge in [-0.3, -0.25) is 10.1 Å². The van der Waals surface area contributed by atoms with E-state index < -0.39 is 0 Å². The first-order valence-corrected chi connectivity index (χ1v) is 7.28. The Morgan fingerprint density at radius 1 is 1.32 bits per heavy atom. The van der Waals surface area contributed by atoms with Gasteiger partial charge in [0.1, 0.15) is 0 Å². The van der Waals surface area contributed by atoms with E-state index in [0.29, 0.717) is 11.9 Å². The minimum Gasteiger partial charge on any atom is -0.342 e. The van der Waals surface area contributed by atoms with Gasteiger partial charge >= 0.3 is 0 Å². The molecule has 0 amide bonds. The van der Waals surface area contributed by atoms with E-state index in [1.807, 2.05) is 28.3 Å². The fourth-order valence-corrected chi connectivity index (χ4v) is 3.57. The molecule has 0 aliphatic rings. The van der Waals surface area contributed by atoms with Crippen LogP contribution < -0.4 is 0 Å². The predicted octanol–water partition coefficient (Wildman–Crippen LogP) is 4.42. The molecular formula is C13H9BrN2O2S. The van der Waals surface area contributed by atoms with Crippen molar-refractivity contribution in [2.45, 2.75) is 6.54 Å². The first-order valence-electron chi connectivity index (χ1n) is 5.61. The van der Waals surface area contributed by atoms with Crippen LogP contribution in [0.1, 0.15) is 4.88 Å². The highest BCUT2D eigenvalue weighted by molar-refractivity contribution is 9.10. The van der Waals surface area contributed by atoms with Crippen LogP contribution in [0, 0.1) is 10.1 Å². The van der Waals surface area contributed by atoms with Gasteiger partial charge in [0.05, 0.1) is 22.4 Å². The van der Waals surface area contributed by atoms with Crippen LogP contribution >= 0.6 is 27.3 Å². The molecule has 6 heteroatoms. The molecule has 2 heterocycles. The number of aromatic nitrogens is 1. The Morgan fingerprint density at radius 3 is 2.84 bits per heavy atom. The second kappa shape index (κ2) is 4.79. The summed E-state index contributed by atoms with van der Waals surface area (Å²) >= 11 is 5.17. The number of nitrogens with zero attached hydrogens (tertiary/aromatic N) is 2. The van der Waals surface area contributed by atoms with E-state index in [9.17, 15) is 10.1 Å². The lowest BCUT2D eigenvalue weighted by Gasteiger charge is -2.04. The molecule has 0 saturated carbocycles. The van der Waals surface area contributed by atoms with Gasteiger partial charge < -0.3 is 4.57 Å². The zero-order valence-corrected chi connectivity index (χ0v) is 12.1. The molecule has 0 atom stereocenters. The maximum atomic E-state index is 11.0. The molecule has 0 N–H and O–H groups in total. The first kappa shape index (κ1) is 12.4. The summed E-state index contributed by atoms with van der Waals surface area (Å²) in [5, 5.41) is 13.7. The molecule has 2 aromatic heterocycles. The molecule has 3 rings (SSSR count). The van der Waals surface area contributed by atoms with E-state index in [0.717, 1.165) is 9.99 Å². The number of fused-ring (bicyclic) bond motifs is 1. The number of nitro benzene ring substituents is 1. The van der Waals surface area contributed by atoms with E-state index in [1.165, 1.54) is 10.9 Å². The number of hydrogen-bond acceptors (Lipinski definition) is 3. The maximum Gasteiger partial charge on any atom is 0.278 e. The molecule has 0 unspecified atom stereocenters. The lowest BCUT2D eigenvalue weighted by Crippen LogP contribution is -1.96. The Balaban J connectivity index is 2.09. The standard InChI is InChI=1S/C13H9BrN2O2S/c14-10-5-7-19-13(10)8-15-6-4-9-11(15)2-1-3-12(9)16(17)18/h1-7H,8H2. The number of thiophene rings is 1. The van der Waals surface area contributed by atoms with E-state index in [1.54, 1.807) is 23.5 Å². The van der Waals surface area contributed by atoms with Gasteiger partial charge in [-0.2, -0.15) is 0 Å². The lowest BCUT2D eigenvalue weighted by molar-refractivity contribution is -0.383.